The molecule has 0 spiro atoms. The van der Waals surface area contributed by atoms with Crippen LogP contribution in [0.25, 0.3) is 44.7 Å². The van der Waals surface area contributed by atoms with Gasteiger partial charge in [-0.1, -0.05) is 115 Å². The van der Waals surface area contributed by atoms with Crippen molar-refractivity contribution in [3.63, 3.8) is 0 Å². The molecule has 0 aliphatic rings. The highest BCUT2D eigenvalue weighted by Crippen LogP contribution is 2.37. The Labute approximate surface area is 187 Å². The molecule has 0 unspecified atom stereocenters. The van der Waals surface area contributed by atoms with Crippen LogP contribution in [0, 0.1) is 4.71 Å². The van der Waals surface area contributed by atoms with Gasteiger partial charge < -0.3 is 4.42 Å². The molecule has 1 nitrogen and oxygen atoms in total. The van der Waals surface area contributed by atoms with Crippen LogP contribution in [0.4, 0.5) is 0 Å². The van der Waals surface area contributed by atoms with Gasteiger partial charge in [0.1, 0.15) is 5.76 Å². The SMILES string of the molecule is S=c1oc(-c2ccc(-c3ccccc3)cc2)cc(-c2ccccc2)c1-c1ccccc1. The largest absolute Gasteiger partial charge is 0.445 e. The molecule has 0 saturated carbocycles. The lowest BCUT2D eigenvalue weighted by molar-refractivity contribution is 0.552. The maximum atomic E-state index is 6.17. The van der Waals surface area contributed by atoms with E-state index in [0.717, 1.165) is 33.6 Å². The summed E-state index contributed by atoms with van der Waals surface area (Å²) >= 11 is 5.74. The molecule has 2 heteroatoms. The molecule has 0 atom stereocenters. The van der Waals surface area contributed by atoms with Crippen LogP contribution in [0.5, 0.6) is 0 Å². The topological polar surface area (TPSA) is 13.1 Å². The van der Waals surface area contributed by atoms with Gasteiger partial charge in [-0.2, -0.15) is 0 Å². The maximum absolute atomic E-state index is 6.17. The van der Waals surface area contributed by atoms with Crippen molar-refractivity contribution in [2.24, 2.45) is 0 Å². The third-order valence-electron chi connectivity index (χ3n) is 5.38. The highest BCUT2D eigenvalue weighted by atomic mass is 32.1. The van der Waals surface area contributed by atoms with E-state index in [1.807, 2.05) is 42.5 Å². The second kappa shape index (κ2) is 8.55. The molecular weight excluding hydrogens is 396 g/mol. The quantitative estimate of drug-likeness (QED) is 0.272. The van der Waals surface area contributed by atoms with Gasteiger partial charge in [-0.05, 0) is 46.1 Å². The van der Waals surface area contributed by atoms with Crippen molar-refractivity contribution >= 4 is 12.2 Å². The normalized spacial score (nSPS) is 10.7. The van der Waals surface area contributed by atoms with E-state index in [2.05, 4.69) is 78.9 Å². The molecule has 0 aliphatic carbocycles. The van der Waals surface area contributed by atoms with E-state index < -0.39 is 0 Å². The minimum atomic E-state index is 0.495. The first-order valence-electron chi connectivity index (χ1n) is 10.2. The maximum Gasteiger partial charge on any atom is 0.199 e. The summed E-state index contributed by atoms with van der Waals surface area (Å²) in [6.45, 7) is 0. The van der Waals surface area contributed by atoms with Crippen molar-refractivity contribution in [1.82, 2.24) is 0 Å². The van der Waals surface area contributed by atoms with E-state index in [1.165, 1.54) is 11.1 Å². The molecule has 0 saturated heterocycles. The lowest BCUT2D eigenvalue weighted by Gasteiger charge is -2.13. The molecular formula is C29H20OS. The standard InChI is InChI=1S/C29H20OS/c31-29-28(25-14-8-3-9-15-25)26(23-12-6-2-7-13-23)20-27(30-29)24-18-16-22(17-19-24)21-10-4-1-5-11-21/h1-20H. The minimum Gasteiger partial charge on any atom is -0.445 e. The van der Waals surface area contributed by atoms with E-state index in [9.17, 15) is 0 Å². The molecule has 0 amide bonds. The van der Waals surface area contributed by atoms with Crippen LogP contribution in [0.2, 0.25) is 0 Å². The highest BCUT2D eigenvalue weighted by Gasteiger charge is 2.14. The minimum absolute atomic E-state index is 0.495. The Morgan fingerprint density at radius 3 is 1.48 bits per heavy atom. The molecule has 148 valence electrons. The molecule has 0 radical (unpaired) electrons. The Kier molecular flexibility index (Phi) is 5.30. The Morgan fingerprint density at radius 1 is 0.452 bits per heavy atom. The number of hydrogen-bond donors (Lipinski definition) is 0. The van der Waals surface area contributed by atoms with Gasteiger partial charge in [0.2, 0.25) is 0 Å². The predicted molar refractivity (Wildman–Crippen MR) is 131 cm³/mol. The van der Waals surface area contributed by atoms with E-state index in [4.69, 9.17) is 16.6 Å². The van der Waals surface area contributed by atoms with Gasteiger partial charge in [0, 0.05) is 11.1 Å². The zero-order chi connectivity index (χ0) is 21.0. The molecule has 0 fully saturated rings. The smallest absolute Gasteiger partial charge is 0.199 e. The van der Waals surface area contributed by atoms with Gasteiger partial charge in [-0.3, -0.25) is 0 Å². The van der Waals surface area contributed by atoms with E-state index in [0.29, 0.717) is 4.71 Å². The fourth-order valence-electron chi connectivity index (χ4n) is 3.82. The van der Waals surface area contributed by atoms with Crippen LogP contribution >= 0.6 is 12.2 Å². The van der Waals surface area contributed by atoms with E-state index in [1.54, 1.807) is 0 Å². The Balaban J connectivity index is 1.64. The van der Waals surface area contributed by atoms with Crippen LogP contribution in [-0.4, -0.2) is 0 Å². The van der Waals surface area contributed by atoms with Crippen molar-refractivity contribution in [3.05, 3.63) is 126 Å². The van der Waals surface area contributed by atoms with Crippen molar-refractivity contribution in [2.75, 3.05) is 0 Å². The summed E-state index contributed by atoms with van der Waals surface area (Å²) in [5, 5.41) is 0. The summed E-state index contributed by atoms with van der Waals surface area (Å²) in [5.74, 6) is 0.767. The number of benzene rings is 4. The lowest BCUT2D eigenvalue weighted by atomic mass is 9.95. The first-order valence-corrected chi connectivity index (χ1v) is 10.7. The number of hydrogen-bond acceptors (Lipinski definition) is 2. The Morgan fingerprint density at radius 2 is 0.903 bits per heavy atom. The zero-order valence-electron chi connectivity index (χ0n) is 16.9. The molecule has 1 heterocycles. The molecule has 31 heavy (non-hydrogen) atoms. The van der Waals surface area contributed by atoms with Crippen molar-refractivity contribution < 1.29 is 4.42 Å². The molecule has 5 rings (SSSR count). The van der Waals surface area contributed by atoms with Gasteiger partial charge in [-0.25, -0.2) is 0 Å². The van der Waals surface area contributed by atoms with Gasteiger partial charge in [0.15, 0.2) is 4.71 Å². The summed E-state index contributed by atoms with van der Waals surface area (Å²) in [4.78, 5) is 0. The summed E-state index contributed by atoms with van der Waals surface area (Å²) in [7, 11) is 0. The molecule has 1 aromatic heterocycles. The van der Waals surface area contributed by atoms with Crippen molar-refractivity contribution in [1.29, 1.82) is 0 Å². The summed E-state index contributed by atoms with van der Waals surface area (Å²) in [5.41, 5.74) is 7.57. The van der Waals surface area contributed by atoms with Gasteiger partial charge in [-0.15, -0.1) is 0 Å². The van der Waals surface area contributed by atoms with Crippen LogP contribution in [0.15, 0.2) is 126 Å². The summed E-state index contributed by atoms with van der Waals surface area (Å²) < 4.78 is 6.67. The molecule has 0 aliphatic heterocycles. The average Bonchev–Trinajstić information content (AvgIpc) is 2.85. The van der Waals surface area contributed by atoms with Crippen molar-refractivity contribution in [2.45, 2.75) is 0 Å². The third-order valence-corrected chi connectivity index (χ3v) is 5.66. The predicted octanol–water partition coefficient (Wildman–Crippen LogP) is 8.68. The Bertz CT molecular complexity index is 1350. The number of rotatable bonds is 4. The average molecular weight is 417 g/mol. The third kappa shape index (κ3) is 3.98. The molecule has 0 N–H and O–H groups in total. The summed E-state index contributed by atoms with van der Waals surface area (Å²) in [6.07, 6.45) is 0. The van der Waals surface area contributed by atoms with E-state index >= 15 is 0 Å². The van der Waals surface area contributed by atoms with Gasteiger partial charge in [0.05, 0.1) is 0 Å². The van der Waals surface area contributed by atoms with E-state index in [-0.39, 0.29) is 0 Å². The van der Waals surface area contributed by atoms with Gasteiger partial charge >= 0.3 is 0 Å². The second-order valence-electron chi connectivity index (χ2n) is 7.36. The first-order chi connectivity index (χ1) is 15.3. The van der Waals surface area contributed by atoms with Gasteiger partial charge in [0.25, 0.3) is 0 Å². The lowest BCUT2D eigenvalue weighted by Crippen LogP contribution is -1.89. The fraction of sp³-hybridized carbons (Fsp3) is 0. The molecule has 4 aromatic carbocycles. The van der Waals surface area contributed by atoms with Crippen LogP contribution in [0.1, 0.15) is 0 Å². The Hall–Kier alpha value is -3.75. The summed E-state index contributed by atoms with van der Waals surface area (Å²) in [6, 6.07) is 41.4. The molecule has 0 bridgehead atoms. The first kappa shape index (κ1) is 19.2. The monoisotopic (exact) mass is 416 g/mol. The highest BCUT2D eigenvalue weighted by molar-refractivity contribution is 7.71. The second-order valence-corrected chi connectivity index (χ2v) is 7.73. The van der Waals surface area contributed by atoms with Crippen LogP contribution in [0.3, 0.4) is 0 Å². The molecule has 5 aromatic rings. The zero-order valence-corrected chi connectivity index (χ0v) is 17.7. The van der Waals surface area contributed by atoms with Crippen molar-refractivity contribution in [3.8, 4) is 44.7 Å². The fourth-order valence-corrected chi connectivity index (χ4v) is 4.13. The van der Waals surface area contributed by atoms with Crippen LogP contribution < -0.4 is 0 Å². The van der Waals surface area contributed by atoms with Crippen LogP contribution in [-0.2, 0) is 0 Å².